The fourth-order valence-electron chi connectivity index (χ4n) is 3.12. The van der Waals surface area contributed by atoms with Crippen molar-refractivity contribution in [1.82, 2.24) is 0 Å². The van der Waals surface area contributed by atoms with Crippen molar-refractivity contribution in [2.24, 2.45) is 0 Å². The van der Waals surface area contributed by atoms with Gasteiger partial charge >= 0.3 is 6.18 Å². The number of anilines is 1. The number of benzene rings is 3. The van der Waals surface area contributed by atoms with Crippen molar-refractivity contribution in [3.05, 3.63) is 82.4 Å². The molecule has 3 rings (SSSR count). The first-order chi connectivity index (χ1) is 18.3. The summed E-state index contributed by atoms with van der Waals surface area (Å²) in [4.78, 5) is 12.7. The molecule has 0 fully saturated rings. The minimum Gasteiger partial charge on any atom is -0.490 e. The molecule has 198 valence electrons. The zero-order valence-electron chi connectivity index (χ0n) is 19.7. The highest BCUT2D eigenvalue weighted by Gasteiger charge is 2.37. The Morgan fingerprint density at radius 3 is 2.00 bits per heavy atom. The van der Waals surface area contributed by atoms with Gasteiger partial charge in [-0.25, -0.2) is 8.78 Å². The monoisotopic (exact) mass is 542 g/mol. The van der Waals surface area contributed by atoms with E-state index in [1.165, 1.54) is 12.1 Å². The highest BCUT2D eigenvalue weighted by atomic mass is 19.4. The lowest BCUT2D eigenvalue weighted by atomic mass is 10.0. The Bertz CT molecular complexity index is 1570. The van der Waals surface area contributed by atoms with Crippen LogP contribution in [0.5, 0.6) is 17.2 Å². The van der Waals surface area contributed by atoms with E-state index in [4.69, 9.17) is 20.0 Å². The minimum absolute atomic E-state index is 0.136. The van der Waals surface area contributed by atoms with Crippen LogP contribution in [0.3, 0.4) is 0 Å². The van der Waals surface area contributed by atoms with Crippen LogP contribution in [-0.2, 0) is 11.0 Å². The van der Waals surface area contributed by atoms with Crippen molar-refractivity contribution in [2.45, 2.75) is 18.7 Å². The van der Waals surface area contributed by atoms with Gasteiger partial charge in [0.2, 0.25) is 0 Å². The van der Waals surface area contributed by atoms with Gasteiger partial charge in [-0.3, -0.25) is 4.79 Å². The van der Waals surface area contributed by atoms with Gasteiger partial charge < -0.3 is 19.9 Å². The first-order valence-corrected chi connectivity index (χ1v) is 10.7. The molecule has 0 radical (unpaired) electrons. The average molecular weight is 542 g/mol. The average Bonchev–Trinajstić information content (AvgIpc) is 2.87. The van der Waals surface area contributed by atoms with E-state index < -0.39 is 58.5 Å². The number of carbonyl (C=O) groups excluding carboxylic acids is 1. The van der Waals surface area contributed by atoms with Crippen LogP contribution < -0.4 is 14.8 Å². The van der Waals surface area contributed by atoms with E-state index in [1.54, 1.807) is 12.1 Å². The Hall–Kier alpha value is -5.19. The summed E-state index contributed by atoms with van der Waals surface area (Å²) in [6.45, 7) is 0.216. The van der Waals surface area contributed by atoms with Gasteiger partial charge in [-0.05, 0) is 37.3 Å². The van der Waals surface area contributed by atoms with Crippen LogP contribution in [0.4, 0.5) is 27.6 Å². The van der Waals surface area contributed by atoms with Crippen LogP contribution in [0.15, 0.2) is 48.5 Å². The van der Waals surface area contributed by atoms with Gasteiger partial charge in [0.15, 0.2) is 5.60 Å². The summed E-state index contributed by atoms with van der Waals surface area (Å²) in [5.74, 6) is -4.34. The summed E-state index contributed by atoms with van der Waals surface area (Å²) in [6.07, 6.45) is -5.08. The van der Waals surface area contributed by atoms with Crippen molar-refractivity contribution in [2.75, 3.05) is 11.9 Å². The molecule has 1 amide bonds. The maximum absolute atomic E-state index is 14.0. The number of ether oxygens (including phenoxy) is 2. The fraction of sp³-hybridized carbons (Fsp3) is 0.154. The summed E-state index contributed by atoms with van der Waals surface area (Å²) >= 11 is 0. The highest BCUT2D eigenvalue weighted by molar-refractivity contribution is 5.97. The molecule has 0 saturated heterocycles. The number of nitrogens with zero attached hydrogens (tertiary/aromatic N) is 3. The maximum atomic E-state index is 14.0. The molecule has 39 heavy (non-hydrogen) atoms. The number of rotatable bonds is 7. The molecule has 0 aliphatic carbocycles. The van der Waals surface area contributed by atoms with Crippen LogP contribution >= 0.6 is 0 Å². The minimum atomic E-state index is -5.08. The lowest BCUT2D eigenvalue weighted by molar-refractivity contribution is -0.138. The van der Waals surface area contributed by atoms with Crippen LogP contribution in [0.1, 0.15) is 29.2 Å². The molecular weight excluding hydrogens is 527 g/mol. The number of carbonyl (C=O) groups is 1. The fourth-order valence-corrected chi connectivity index (χ4v) is 3.12. The Balaban J connectivity index is 1.90. The Morgan fingerprint density at radius 1 is 0.923 bits per heavy atom. The summed E-state index contributed by atoms with van der Waals surface area (Å²) in [6, 6.07) is 11.8. The molecule has 13 heteroatoms. The number of nitrogens with one attached hydrogen (secondary N) is 1. The van der Waals surface area contributed by atoms with E-state index in [-0.39, 0.29) is 22.6 Å². The normalized spacial score (nSPS) is 12.3. The van der Waals surface area contributed by atoms with Crippen molar-refractivity contribution < 1.29 is 41.3 Å². The number of nitriles is 3. The second-order valence-electron chi connectivity index (χ2n) is 8.13. The van der Waals surface area contributed by atoms with Crippen LogP contribution in [-0.4, -0.2) is 23.2 Å². The van der Waals surface area contributed by atoms with E-state index in [0.29, 0.717) is 6.07 Å². The van der Waals surface area contributed by atoms with E-state index in [9.17, 15) is 37.1 Å². The largest absolute Gasteiger partial charge is 0.490 e. The third kappa shape index (κ3) is 6.58. The zero-order chi connectivity index (χ0) is 29.0. The number of amides is 1. The molecule has 0 aliphatic rings. The molecule has 3 aromatic carbocycles. The van der Waals surface area contributed by atoms with Gasteiger partial charge in [0, 0.05) is 23.9 Å². The summed E-state index contributed by atoms with van der Waals surface area (Å²) < 4.78 is 79.4. The standard InChI is InChI=1S/C26H15F5N4O4/c1-25(37,13-38-17-4-2-14(10-32)21(27)8-17)24(36)35-16-6-20(26(29,30)31)19(12-34)23(7-16)39-18-5-3-15(11-33)22(28)9-18/h2-9,37H,13H2,1H3,(H,35,36). The lowest BCUT2D eigenvalue weighted by Gasteiger charge is -2.23. The molecule has 0 saturated carbocycles. The molecule has 8 nitrogen and oxygen atoms in total. The van der Waals surface area contributed by atoms with Gasteiger partial charge in [-0.15, -0.1) is 0 Å². The van der Waals surface area contributed by atoms with Crippen molar-refractivity contribution in [1.29, 1.82) is 15.8 Å². The molecule has 3 aromatic rings. The second-order valence-corrected chi connectivity index (χ2v) is 8.13. The van der Waals surface area contributed by atoms with Crippen LogP contribution in [0, 0.1) is 45.6 Å². The quantitative estimate of drug-likeness (QED) is 0.393. The van der Waals surface area contributed by atoms with Gasteiger partial charge in [-0.1, -0.05) is 0 Å². The van der Waals surface area contributed by atoms with E-state index in [0.717, 1.165) is 43.3 Å². The van der Waals surface area contributed by atoms with Crippen LogP contribution in [0.25, 0.3) is 0 Å². The van der Waals surface area contributed by atoms with E-state index in [2.05, 4.69) is 5.32 Å². The molecule has 0 spiro atoms. The third-order valence-corrected chi connectivity index (χ3v) is 5.14. The Labute approximate surface area is 217 Å². The van der Waals surface area contributed by atoms with Crippen molar-refractivity contribution in [3.63, 3.8) is 0 Å². The molecule has 0 bridgehead atoms. The Morgan fingerprint density at radius 2 is 1.49 bits per heavy atom. The van der Waals surface area contributed by atoms with Gasteiger partial charge in [0.05, 0.1) is 16.7 Å². The molecule has 0 aromatic heterocycles. The predicted octanol–water partition coefficient (Wildman–Crippen LogP) is 5.16. The zero-order valence-corrected chi connectivity index (χ0v) is 19.7. The van der Waals surface area contributed by atoms with Gasteiger partial charge in [-0.2, -0.15) is 29.0 Å². The van der Waals surface area contributed by atoms with E-state index >= 15 is 0 Å². The lowest BCUT2D eigenvalue weighted by Crippen LogP contribution is -2.45. The predicted molar refractivity (Wildman–Crippen MR) is 123 cm³/mol. The maximum Gasteiger partial charge on any atom is 0.417 e. The van der Waals surface area contributed by atoms with Gasteiger partial charge in [0.1, 0.15) is 59.3 Å². The SMILES string of the molecule is CC(O)(COc1ccc(C#N)c(F)c1)C(=O)Nc1cc(Oc2ccc(C#N)c(F)c2)c(C#N)c(C(F)(F)F)c1. The van der Waals surface area contributed by atoms with Crippen molar-refractivity contribution >= 4 is 11.6 Å². The highest BCUT2D eigenvalue weighted by Crippen LogP contribution is 2.40. The topological polar surface area (TPSA) is 139 Å². The first kappa shape index (κ1) is 28.4. The van der Waals surface area contributed by atoms with Crippen molar-refractivity contribution in [3.8, 4) is 35.5 Å². The van der Waals surface area contributed by atoms with Gasteiger partial charge in [0.25, 0.3) is 5.91 Å². The molecule has 0 heterocycles. The number of hydrogen-bond acceptors (Lipinski definition) is 7. The summed E-state index contributed by atoms with van der Waals surface area (Å²) in [7, 11) is 0. The Kier molecular flexibility index (Phi) is 8.04. The summed E-state index contributed by atoms with van der Waals surface area (Å²) in [5.41, 5.74) is -5.98. The number of aliphatic hydroxyl groups is 1. The number of halogens is 5. The van der Waals surface area contributed by atoms with E-state index in [1.807, 2.05) is 0 Å². The molecule has 1 unspecified atom stereocenters. The molecular formula is C26H15F5N4O4. The third-order valence-electron chi connectivity index (χ3n) is 5.14. The first-order valence-electron chi connectivity index (χ1n) is 10.7. The number of hydrogen-bond donors (Lipinski definition) is 2. The second kappa shape index (κ2) is 11.1. The summed E-state index contributed by atoms with van der Waals surface area (Å²) in [5, 5.41) is 39.6. The number of alkyl halides is 3. The smallest absolute Gasteiger partial charge is 0.417 e. The molecule has 0 aliphatic heterocycles. The molecule has 2 N–H and O–H groups in total. The van der Waals surface area contributed by atoms with Crippen LogP contribution in [0.2, 0.25) is 0 Å². The molecule has 1 atom stereocenters.